The first-order valence-electron chi connectivity index (χ1n) is 6.91. The molecule has 0 bridgehead atoms. The number of likely N-dealkylation sites (N-methyl/N-ethyl adjacent to an activating group) is 1. The summed E-state index contributed by atoms with van der Waals surface area (Å²) in [5.74, 6) is -0.322. The molecule has 0 radical (unpaired) electrons. The number of aryl methyl sites for hydroxylation is 2. The van der Waals surface area contributed by atoms with Gasteiger partial charge in [0.25, 0.3) is 0 Å². The standard InChI is InChI=1S/C16H20N2O3S/c1-10-5-6-14(21-4)13(7-10)15(16(19)20)18(3)8-12-9-22-11(2)17-12/h5-7,9,15H,8H2,1-4H3,(H,19,20). The third kappa shape index (κ3) is 3.64. The van der Waals surface area contributed by atoms with Crippen molar-refractivity contribution in [3.05, 3.63) is 45.4 Å². The second kappa shape index (κ2) is 6.89. The molecule has 2 rings (SSSR count). The summed E-state index contributed by atoms with van der Waals surface area (Å²) in [5, 5.41) is 12.6. The Bertz CT molecular complexity index is 669. The minimum Gasteiger partial charge on any atom is -0.496 e. The lowest BCUT2D eigenvalue weighted by Crippen LogP contribution is -2.31. The van der Waals surface area contributed by atoms with Crippen molar-refractivity contribution in [2.75, 3.05) is 14.2 Å². The molecule has 118 valence electrons. The zero-order valence-electron chi connectivity index (χ0n) is 13.2. The van der Waals surface area contributed by atoms with E-state index in [1.54, 1.807) is 36.5 Å². The van der Waals surface area contributed by atoms with Crippen molar-refractivity contribution in [3.8, 4) is 5.75 Å². The maximum Gasteiger partial charge on any atom is 0.325 e. The maximum atomic E-state index is 11.8. The zero-order valence-corrected chi connectivity index (χ0v) is 14.0. The minimum atomic E-state index is -0.904. The van der Waals surface area contributed by atoms with E-state index in [4.69, 9.17) is 4.74 Å². The number of hydrogen-bond donors (Lipinski definition) is 1. The van der Waals surface area contributed by atoms with Gasteiger partial charge in [-0.25, -0.2) is 4.98 Å². The van der Waals surface area contributed by atoms with Gasteiger partial charge >= 0.3 is 5.97 Å². The van der Waals surface area contributed by atoms with Crippen LogP contribution in [0.2, 0.25) is 0 Å². The monoisotopic (exact) mass is 320 g/mol. The van der Waals surface area contributed by atoms with Crippen molar-refractivity contribution in [3.63, 3.8) is 0 Å². The van der Waals surface area contributed by atoms with Gasteiger partial charge in [-0.1, -0.05) is 17.7 Å². The molecule has 2 aromatic rings. The van der Waals surface area contributed by atoms with E-state index in [0.717, 1.165) is 16.3 Å². The molecular formula is C16H20N2O3S. The van der Waals surface area contributed by atoms with Gasteiger partial charge in [0.15, 0.2) is 0 Å². The molecule has 1 heterocycles. The summed E-state index contributed by atoms with van der Waals surface area (Å²) in [6.07, 6.45) is 0. The Morgan fingerprint density at radius 1 is 1.45 bits per heavy atom. The molecule has 0 saturated heterocycles. The molecule has 1 aromatic carbocycles. The number of thiazole rings is 1. The van der Waals surface area contributed by atoms with Crippen LogP contribution in [0.5, 0.6) is 5.75 Å². The quantitative estimate of drug-likeness (QED) is 0.886. The third-order valence-electron chi connectivity index (χ3n) is 3.43. The molecule has 1 N–H and O–H groups in total. The molecule has 0 saturated carbocycles. The van der Waals surface area contributed by atoms with Gasteiger partial charge in [-0.05, 0) is 27.0 Å². The molecule has 1 unspecified atom stereocenters. The van der Waals surface area contributed by atoms with Gasteiger partial charge in [0, 0.05) is 17.5 Å². The number of benzene rings is 1. The van der Waals surface area contributed by atoms with Gasteiger partial charge in [0.05, 0.1) is 17.8 Å². The summed E-state index contributed by atoms with van der Waals surface area (Å²) in [6, 6.07) is 4.80. The van der Waals surface area contributed by atoms with Gasteiger partial charge in [-0.15, -0.1) is 11.3 Å². The van der Waals surface area contributed by atoms with Crippen LogP contribution in [0, 0.1) is 13.8 Å². The average Bonchev–Trinajstić information content (AvgIpc) is 2.84. The Balaban J connectivity index is 2.33. The molecule has 6 heteroatoms. The van der Waals surface area contributed by atoms with E-state index in [1.807, 2.05) is 31.4 Å². The van der Waals surface area contributed by atoms with Crippen LogP contribution in [0.1, 0.15) is 27.9 Å². The molecule has 0 aliphatic carbocycles. The number of rotatable bonds is 6. The van der Waals surface area contributed by atoms with Crippen molar-refractivity contribution in [1.82, 2.24) is 9.88 Å². The fourth-order valence-electron chi connectivity index (χ4n) is 2.45. The molecule has 0 fully saturated rings. The lowest BCUT2D eigenvalue weighted by atomic mass is 10.0. The Hall–Kier alpha value is -1.92. The molecule has 0 aliphatic heterocycles. The highest BCUT2D eigenvalue weighted by molar-refractivity contribution is 7.09. The van der Waals surface area contributed by atoms with Crippen LogP contribution in [-0.2, 0) is 11.3 Å². The highest BCUT2D eigenvalue weighted by atomic mass is 32.1. The summed E-state index contributed by atoms with van der Waals surface area (Å²) in [7, 11) is 3.34. The van der Waals surface area contributed by atoms with Gasteiger partial charge in [-0.3, -0.25) is 9.69 Å². The summed E-state index contributed by atoms with van der Waals surface area (Å²) in [6.45, 7) is 4.34. The minimum absolute atomic E-state index is 0.471. The second-order valence-corrected chi connectivity index (χ2v) is 6.32. The van der Waals surface area contributed by atoms with Crippen LogP contribution in [0.25, 0.3) is 0 Å². The number of carboxylic acid groups (broad SMARTS) is 1. The molecule has 5 nitrogen and oxygen atoms in total. The van der Waals surface area contributed by atoms with E-state index in [9.17, 15) is 9.90 Å². The molecular weight excluding hydrogens is 300 g/mol. The van der Waals surface area contributed by atoms with Gasteiger partial charge in [0.1, 0.15) is 11.8 Å². The van der Waals surface area contributed by atoms with E-state index in [1.165, 1.54) is 0 Å². The van der Waals surface area contributed by atoms with Crippen molar-refractivity contribution in [1.29, 1.82) is 0 Å². The Kier molecular flexibility index (Phi) is 5.15. The summed E-state index contributed by atoms with van der Waals surface area (Å²) < 4.78 is 5.33. The molecule has 0 aliphatic rings. The van der Waals surface area contributed by atoms with Crippen LogP contribution >= 0.6 is 11.3 Å². The van der Waals surface area contributed by atoms with Crippen molar-refractivity contribution < 1.29 is 14.6 Å². The van der Waals surface area contributed by atoms with Crippen molar-refractivity contribution >= 4 is 17.3 Å². The number of carbonyl (C=O) groups is 1. The van der Waals surface area contributed by atoms with Crippen LogP contribution < -0.4 is 4.74 Å². The first kappa shape index (κ1) is 16.5. The molecule has 22 heavy (non-hydrogen) atoms. The Morgan fingerprint density at radius 3 is 2.73 bits per heavy atom. The van der Waals surface area contributed by atoms with Gasteiger partial charge in [-0.2, -0.15) is 0 Å². The van der Waals surface area contributed by atoms with Gasteiger partial charge < -0.3 is 9.84 Å². The Labute approximate surface area is 134 Å². The molecule has 0 amide bonds. The topological polar surface area (TPSA) is 62.7 Å². The summed E-state index contributed by atoms with van der Waals surface area (Å²) in [4.78, 5) is 18.0. The predicted molar refractivity (Wildman–Crippen MR) is 86.4 cm³/mol. The number of methoxy groups -OCH3 is 1. The van der Waals surface area contributed by atoms with E-state index >= 15 is 0 Å². The van der Waals surface area contributed by atoms with Crippen LogP contribution in [0.3, 0.4) is 0 Å². The average molecular weight is 320 g/mol. The van der Waals surface area contributed by atoms with E-state index in [0.29, 0.717) is 17.9 Å². The van der Waals surface area contributed by atoms with Crippen LogP contribution in [0.4, 0.5) is 0 Å². The molecule has 0 spiro atoms. The fourth-order valence-corrected chi connectivity index (χ4v) is 3.06. The lowest BCUT2D eigenvalue weighted by Gasteiger charge is -2.26. The fraction of sp³-hybridized carbons (Fsp3) is 0.375. The number of aliphatic carboxylic acids is 1. The van der Waals surface area contributed by atoms with E-state index < -0.39 is 12.0 Å². The van der Waals surface area contributed by atoms with Crippen molar-refractivity contribution in [2.45, 2.75) is 26.4 Å². The lowest BCUT2D eigenvalue weighted by molar-refractivity contribution is -0.143. The number of nitrogens with zero attached hydrogens (tertiary/aromatic N) is 2. The van der Waals surface area contributed by atoms with E-state index in [2.05, 4.69) is 4.98 Å². The van der Waals surface area contributed by atoms with Gasteiger partial charge in [0.2, 0.25) is 0 Å². The second-order valence-electron chi connectivity index (χ2n) is 5.26. The number of ether oxygens (including phenoxy) is 1. The van der Waals surface area contributed by atoms with Crippen LogP contribution in [0.15, 0.2) is 23.6 Å². The zero-order chi connectivity index (χ0) is 16.3. The number of carboxylic acids is 1. The van der Waals surface area contributed by atoms with Crippen LogP contribution in [-0.4, -0.2) is 35.1 Å². The van der Waals surface area contributed by atoms with Crippen molar-refractivity contribution in [2.24, 2.45) is 0 Å². The first-order chi connectivity index (χ1) is 10.4. The molecule has 1 aromatic heterocycles. The normalized spacial score (nSPS) is 12.4. The first-order valence-corrected chi connectivity index (χ1v) is 7.79. The third-order valence-corrected chi connectivity index (χ3v) is 4.25. The number of hydrogen-bond acceptors (Lipinski definition) is 5. The Morgan fingerprint density at radius 2 is 2.18 bits per heavy atom. The number of aromatic nitrogens is 1. The SMILES string of the molecule is COc1ccc(C)cc1C(C(=O)O)N(C)Cc1csc(C)n1. The highest BCUT2D eigenvalue weighted by Crippen LogP contribution is 2.31. The summed E-state index contributed by atoms with van der Waals surface area (Å²) >= 11 is 1.56. The van der Waals surface area contributed by atoms with E-state index in [-0.39, 0.29) is 0 Å². The smallest absolute Gasteiger partial charge is 0.325 e. The summed E-state index contributed by atoms with van der Waals surface area (Å²) in [5.41, 5.74) is 2.53. The predicted octanol–water partition coefficient (Wildman–Crippen LogP) is 3.03. The highest BCUT2D eigenvalue weighted by Gasteiger charge is 2.28. The molecule has 1 atom stereocenters. The largest absolute Gasteiger partial charge is 0.496 e. The maximum absolute atomic E-state index is 11.8.